The van der Waals surface area contributed by atoms with Crippen molar-refractivity contribution in [2.75, 3.05) is 0 Å². The van der Waals surface area contributed by atoms with E-state index in [0.717, 1.165) is 0 Å². The first kappa shape index (κ1) is 35.4. The van der Waals surface area contributed by atoms with Crippen LogP contribution in [0, 0.1) is 21.8 Å². The summed E-state index contributed by atoms with van der Waals surface area (Å²) >= 11 is 1.36. The SMILES string of the molecule is CC(C)c1cc2c(-c3ccccc3)cccc2[cH-]1.Cc1cc2c(-c3ccccc3)ccc(C(C)(C)C)c2[cH-]1.[CH3-].[CH3-].[Si]=[Zr]. The number of hydrogen-bond donors (Lipinski definition) is 0. The van der Waals surface area contributed by atoms with Gasteiger partial charge in [-0.1, -0.05) is 125 Å². The molecule has 2 heteroatoms. The van der Waals surface area contributed by atoms with Gasteiger partial charge in [0.25, 0.3) is 0 Å². The van der Waals surface area contributed by atoms with Gasteiger partial charge in [-0.25, -0.2) is 0 Å². The zero-order chi connectivity index (χ0) is 28.9. The molecule has 0 heterocycles. The molecule has 6 aromatic carbocycles. The molecule has 216 valence electrons. The predicted molar refractivity (Wildman–Crippen MR) is 186 cm³/mol. The van der Waals surface area contributed by atoms with Crippen LogP contribution in [0.4, 0.5) is 0 Å². The van der Waals surface area contributed by atoms with Gasteiger partial charge in [-0.05, 0) is 22.5 Å². The Kier molecular flexibility index (Phi) is 13.2. The number of benzene rings is 4. The molecule has 0 aliphatic carbocycles. The van der Waals surface area contributed by atoms with Crippen molar-refractivity contribution in [1.29, 1.82) is 0 Å². The fourth-order valence-electron chi connectivity index (χ4n) is 5.43. The fourth-order valence-corrected chi connectivity index (χ4v) is 5.43. The summed E-state index contributed by atoms with van der Waals surface area (Å²) in [5.74, 6) is 0.584. The van der Waals surface area contributed by atoms with Crippen LogP contribution in [0.2, 0.25) is 0 Å². The molecule has 0 aromatic heterocycles. The molecule has 0 bridgehead atoms. The Hall–Kier alpha value is -2.80. The Labute approximate surface area is 272 Å². The van der Waals surface area contributed by atoms with E-state index in [-0.39, 0.29) is 20.3 Å². The van der Waals surface area contributed by atoms with Crippen molar-refractivity contribution in [2.45, 2.75) is 52.9 Å². The summed E-state index contributed by atoms with van der Waals surface area (Å²) in [5, 5.41) is 5.49. The van der Waals surface area contributed by atoms with Crippen molar-refractivity contribution in [3.8, 4) is 22.3 Å². The molecule has 0 aliphatic rings. The van der Waals surface area contributed by atoms with Crippen LogP contribution < -0.4 is 0 Å². The Bertz CT molecular complexity index is 1680. The average molecular weight is 644 g/mol. The van der Waals surface area contributed by atoms with Crippen molar-refractivity contribution in [1.82, 2.24) is 0 Å². The van der Waals surface area contributed by atoms with Crippen molar-refractivity contribution in [2.24, 2.45) is 0 Å². The molecule has 42 heavy (non-hydrogen) atoms. The Morgan fingerprint density at radius 2 is 1.19 bits per heavy atom. The molecular weight excluding hydrogens is 600 g/mol. The normalized spacial score (nSPS) is 10.6. The molecule has 0 fully saturated rings. The zero-order valence-corrected chi connectivity index (χ0v) is 30.0. The second kappa shape index (κ2) is 15.6. The van der Waals surface area contributed by atoms with Crippen molar-refractivity contribution in [3.05, 3.63) is 147 Å². The van der Waals surface area contributed by atoms with Gasteiger partial charge in [-0.15, -0.1) is 68.6 Å². The van der Waals surface area contributed by atoms with Crippen LogP contribution in [0.15, 0.2) is 115 Å². The summed E-state index contributed by atoms with van der Waals surface area (Å²) in [6, 6.07) is 41.7. The third-order valence-corrected chi connectivity index (χ3v) is 7.45. The third kappa shape index (κ3) is 7.97. The molecule has 0 aliphatic heterocycles. The van der Waals surface area contributed by atoms with Gasteiger partial charge in [-0.2, -0.15) is 12.1 Å². The zero-order valence-electron chi connectivity index (χ0n) is 26.5. The fraction of sp³-hybridized carbons (Fsp3) is 0.200. The monoisotopic (exact) mass is 642 g/mol. The second-order valence-electron chi connectivity index (χ2n) is 11.8. The Morgan fingerprint density at radius 1 is 0.643 bits per heavy atom. The van der Waals surface area contributed by atoms with Gasteiger partial charge in [0.2, 0.25) is 0 Å². The number of hydrogen-bond acceptors (Lipinski definition) is 0. The molecule has 0 nitrogen and oxygen atoms in total. The van der Waals surface area contributed by atoms with E-state index in [9.17, 15) is 0 Å². The van der Waals surface area contributed by atoms with Crippen molar-refractivity contribution in [3.63, 3.8) is 0 Å². The van der Waals surface area contributed by atoms with Gasteiger partial charge in [-0.3, -0.25) is 0 Å². The van der Waals surface area contributed by atoms with E-state index in [4.69, 9.17) is 0 Å². The molecule has 0 unspecified atom stereocenters. The maximum atomic E-state index is 3.06. The van der Waals surface area contributed by atoms with Crippen LogP contribution in [0.3, 0.4) is 0 Å². The van der Waals surface area contributed by atoms with E-state index < -0.39 is 0 Å². The molecule has 6 rings (SSSR count). The maximum absolute atomic E-state index is 3.06. The number of fused-ring (bicyclic) bond motifs is 2. The minimum atomic E-state index is 0. The molecule has 0 spiro atoms. The van der Waals surface area contributed by atoms with Gasteiger partial charge in [0, 0.05) is 0 Å². The summed E-state index contributed by atoms with van der Waals surface area (Å²) in [6.45, 7) is 16.6. The summed E-state index contributed by atoms with van der Waals surface area (Å²) in [7, 11) is 0. The van der Waals surface area contributed by atoms with Gasteiger partial charge in [0.05, 0.1) is 0 Å². The summed E-state index contributed by atoms with van der Waals surface area (Å²) < 4.78 is 0. The van der Waals surface area contributed by atoms with Crippen molar-refractivity contribution >= 4 is 28.4 Å². The predicted octanol–water partition coefficient (Wildman–Crippen LogP) is 11.7. The summed E-state index contributed by atoms with van der Waals surface area (Å²) in [5.41, 5.74) is 9.63. The van der Waals surface area contributed by atoms with E-state index in [1.165, 1.54) is 83.8 Å². The molecule has 0 amide bonds. The van der Waals surface area contributed by atoms with Gasteiger partial charge in [0.1, 0.15) is 0 Å². The number of aryl methyl sites for hydroxylation is 1. The molecule has 0 atom stereocenters. The summed E-state index contributed by atoms with van der Waals surface area (Å²) in [6.07, 6.45) is 0. The standard InChI is InChI=1S/C20H21.C18H17.2CH3.Si.Zr/c1-14-12-17-16(15-8-6-5-7-9-15)10-11-19(18(17)13-14)20(2,3)4;1-13(2)16-11-15-9-6-10-17(18(15)12-16)14-7-4-3-5-8-14;;;;/h5-13H,1-4H3;3-13H,1-2H3;2*1H3;;/q4*-1;;. The van der Waals surface area contributed by atoms with E-state index in [1.807, 2.05) is 0 Å². The van der Waals surface area contributed by atoms with E-state index >= 15 is 0 Å². The third-order valence-electron chi connectivity index (χ3n) is 7.45. The molecule has 0 saturated carbocycles. The number of rotatable bonds is 3. The summed E-state index contributed by atoms with van der Waals surface area (Å²) in [4.78, 5) is 0. The van der Waals surface area contributed by atoms with Crippen LogP contribution in [-0.4, -0.2) is 6.88 Å². The molecule has 0 N–H and O–H groups in total. The Morgan fingerprint density at radius 3 is 1.71 bits per heavy atom. The molecule has 0 saturated heterocycles. The van der Waals surface area contributed by atoms with Gasteiger partial charge >= 0.3 is 30.2 Å². The van der Waals surface area contributed by atoms with Crippen molar-refractivity contribution < 1.29 is 23.3 Å². The molecular formula is C40H44SiZr-4. The van der Waals surface area contributed by atoms with Gasteiger partial charge in [0.15, 0.2) is 0 Å². The van der Waals surface area contributed by atoms with E-state index in [2.05, 4.69) is 164 Å². The Balaban J connectivity index is 0.000000266. The first-order chi connectivity index (χ1) is 19.2. The second-order valence-corrected chi connectivity index (χ2v) is 11.8. The van der Waals surface area contributed by atoms with Crippen LogP contribution in [-0.2, 0) is 28.8 Å². The minimum absolute atomic E-state index is 0. The van der Waals surface area contributed by atoms with E-state index in [0.29, 0.717) is 5.92 Å². The average Bonchev–Trinajstić information content (AvgIpc) is 3.58. The topological polar surface area (TPSA) is 0 Å². The first-order valence-corrected chi connectivity index (χ1v) is 18.2. The van der Waals surface area contributed by atoms with Crippen LogP contribution >= 0.6 is 0 Å². The van der Waals surface area contributed by atoms with Crippen LogP contribution in [0.25, 0.3) is 43.8 Å². The molecule has 6 aromatic rings. The van der Waals surface area contributed by atoms with E-state index in [1.54, 1.807) is 0 Å². The quantitative estimate of drug-likeness (QED) is 0.133. The molecule has 2 radical (unpaired) electrons. The van der Waals surface area contributed by atoms with Crippen LogP contribution in [0.1, 0.15) is 57.2 Å². The van der Waals surface area contributed by atoms with Crippen LogP contribution in [0.5, 0.6) is 0 Å². The first-order valence-electron chi connectivity index (χ1n) is 14.0. The van der Waals surface area contributed by atoms with Gasteiger partial charge < -0.3 is 14.9 Å².